The van der Waals surface area contributed by atoms with Crippen LogP contribution in [0.2, 0.25) is 18.1 Å². The first-order valence-electron chi connectivity index (χ1n) is 9.72. The summed E-state index contributed by atoms with van der Waals surface area (Å²) in [5.74, 6) is 0.189. The minimum Gasteiger partial charge on any atom is -0.508 e. The predicted octanol–water partition coefficient (Wildman–Crippen LogP) is 5.04. The van der Waals surface area contributed by atoms with Crippen molar-refractivity contribution in [1.29, 1.82) is 0 Å². The van der Waals surface area contributed by atoms with Gasteiger partial charge in [0.25, 0.3) is 10.1 Å². The van der Waals surface area contributed by atoms with Crippen LogP contribution in [0.3, 0.4) is 0 Å². The first-order chi connectivity index (χ1) is 13.3. The molecule has 0 aromatic heterocycles. The quantitative estimate of drug-likeness (QED) is 0.464. The molecule has 0 heterocycles. The summed E-state index contributed by atoms with van der Waals surface area (Å²) in [5.41, 5.74) is 1.93. The summed E-state index contributed by atoms with van der Waals surface area (Å²) in [5, 5.41) is 9.49. The fourth-order valence-electron chi connectivity index (χ4n) is 2.56. The van der Waals surface area contributed by atoms with Crippen molar-refractivity contribution in [2.75, 3.05) is 6.61 Å². The molecule has 1 atom stereocenters. The zero-order valence-electron chi connectivity index (χ0n) is 18.1. The summed E-state index contributed by atoms with van der Waals surface area (Å²) in [6.45, 7) is 12.5. The van der Waals surface area contributed by atoms with Crippen molar-refractivity contribution in [3.8, 4) is 5.75 Å². The predicted molar refractivity (Wildman–Crippen MR) is 118 cm³/mol. The standard InChI is InChI=1S/C22H32O5SSi/c1-17-7-13-21(14-8-17)28(24,25)26-16-20(27-29(5,6)22(2,3)4)15-18-9-11-19(23)12-10-18/h7-14,20,23H,15-16H2,1-6H3. The van der Waals surface area contributed by atoms with E-state index in [1.54, 1.807) is 36.4 Å². The van der Waals surface area contributed by atoms with Crippen LogP contribution in [0.1, 0.15) is 31.9 Å². The SMILES string of the molecule is Cc1ccc(S(=O)(=O)OCC(Cc2ccc(O)cc2)O[Si](C)(C)C(C)(C)C)cc1. The van der Waals surface area contributed by atoms with Crippen molar-refractivity contribution >= 4 is 18.4 Å². The molecule has 5 nitrogen and oxygen atoms in total. The highest BCUT2D eigenvalue weighted by molar-refractivity contribution is 7.86. The van der Waals surface area contributed by atoms with E-state index in [2.05, 4.69) is 33.9 Å². The Morgan fingerprint density at radius 3 is 2.07 bits per heavy atom. The molecular formula is C22H32O5SSi. The molecule has 1 unspecified atom stereocenters. The van der Waals surface area contributed by atoms with Crippen molar-refractivity contribution in [2.45, 2.75) is 63.2 Å². The maximum atomic E-state index is 12.6. The first-order valence-corrected chi connectivity index (χ1v) is 14.0. The fraction of sp³-hybridized carbons (Fsp3) is 0.455. The Bertz CT molecular complexity index is 898. The zero-order chi connectivity index (χ0) is 21.9. The van der Waals surface area contributed by atoms with Crippen LogP contribution in [0.15, 0.2) is 53.4 Å². The van der Waals surface area contributed by atoms with Gasteiger partial charge in [0.05, 0.1) is 17.6 Å². The Morgan fingerprint density at radius 2 is 1.55 bits per heavy atom. The van der Waals surface area contributed by atoms with Gasteiger partial charge in [0.1, 0.15) is 5.75 Å². The molecule has 0 radical (unpaired) electrons. The molecule has 0 spiro atoms. The third-order valence-corrected chi connectivity index (χ3v) is 11.2. The maximum absolute atomic E-state index is 12.6. The van der Waals surface area contributed by atoms with Crippen LogP contribution in [0, 0.1) is 6.92 Å². The van der Waals surface area contributed by atoms with E-state index in [0.29, 0.717) is 6.42 Å². The van der Waals surface area contributed by atoms with Crippen molar-refractivity contribution in [3.05, 3.63) is 59.7 Å². The minimum absolute atomic E-state index is 0.0178. The molecule has 0 aliphatic rings. The van der Waals surface area contributed by atoms with Gasteiger partial charge < -0.3 is 9.53 Å². The average Bonchev–Trinajstić information content (AvgIpc) is 2.61. The van der Waals surface area contributed by atoms with Crippen LogP contribution in [0.25, 0.3) is 0 Å². The molecule has 0 saturated heterocycles. The Labute approximate surface area is 175 Å². The van der Waals surface area contributed by atoms with Crippen LogP contribution in [0.5, 0.6) is 5.75 Å². The third kappa shape index (κ3) is 6.67. The van der Waals surface area contributed by atoms with Crippen LogP contribution in [-0.4, -0.2) is 34.6 Å². The molecule has 0 fully saturated rings. The lowest BCUT2D eigenvalue weighted by Crippen LogP contribution is -2.45. The minimum atomic E-state index is -3.87. The fourth-order valence-corrected chi connectivity index (χ4v) is 4.84. The molecule has 29 heavy (non-hydrogen) atoms. The van der Waals surface area contributed by atoms with Crippen molar-refractivity contribution < 1.29 is 22.1 Å². The monoisotopic (exact) mass is 436 g/mol. The maximum Gasteiger partial charge on any atom is 0.297 e. The van der Waals surface area contributed by atoms with E-state index < -0.39 is 24.5 Å². The second-order valence-corrected chi connectivity index (χ2v) is 15.3. The number of aryl methyl sites for hydroxylation is 1. The van der Waals surface area contributed by atoms with Crippen LogP contribution < -0.4 is 0 Å². The van der Waals surface area contributed by atoms with Crippen LogP contribution in [-0.2, 0) is 25.1 Å². The largest absolute Gasteiger partial charge is 0.508 e. The number of aromatic hydroxyl groups is 1. The average molecular weight is 437 g/mol. The summed E-state index contributed by atoms with van der Waals surface area (Å²) in [7, 11) is -6.01. The Kier molecular flexibility index (Phi) is 7.32. The van der Waals surface area contributed by atoms with Gasteiger partial charge in [-0.2, -0.15) is 8.42 Å². The molecule has 0 saturated carbocycles. The topological polar surface area (TPSA) is 72.8 Å². The Hall–Kier alpha value is -1.67. The molecule has 0 amide bonds. The third-order valence-electron chi connectivity index (χ3n) is 5.39. The van der Waals surface area contributed by atoms with E-state index in [1.165, 1.54) is 0 Å². The van der Waals surface area contributed by atoms with Gasteiger partial charge in [-0.05, 0) is 61.3 Å². The number of phenols is 1. The number of phenolic OH excluding ortho intramolecular Hbond substituents is 1. The van der Waals surface area contributed by atoms with Gasteiger partial charge in [0.15, 0.2) is 8.32 Å². The van der Waals surface area contributed by atoms with Crippen molar-refractivity contribution in [2.24, 2.45) is 0 Å². The highest BCUT2D eigenvalue weighted by Crippen LogP contribution is 2.37. The highest BCUT2D eigenvalue weighted by Gasteiger charge is 2.39. The lowest BCUT2D eigenvalue weighted by molar-refractivity contribution is 0.118. The second kappa shape index (κ2) is 9.00. The number of benzene rings is 2. The van der Waals surface area contributed by atoms with Crippen molar-refractivity contribution in [3.63, 3.8) is 0 Å². The Morgan fingerprint density at radius 1 is 1.00 bits per heavy atom. The van der Waals surface area contributed by atoms with E-state index in [0.717, 1.165) is 11.1 Å². The van der Waals surface area contributed by atoms with E-state index in [-0.39, 0.29) is 22.3 Å². The summed E-state index contributed by atoms with van der Waals surface area (Å²) < 4.78 is 37.1. The summed E-state index contributed by atoms with van der Waals surface area (Å²) in [4.78, 5) is 0.138. The van der Waals surface area contributed by atoms with E-state index >= 15 is 0 Å². The summed E-state index contributed by atoms with van der Waals surface area (Å²) >= 11 is 0. The van der Waals surface area contributed by atoms with Gasteiger partial charge in [-0.25, -0.2) is 0 Å². The lowest BCUT2D eigenvalue weighted by atomic mass is 10.1. The summed E-state index contributed by atoms with van der Waals surface area (Å²) in [6.07, 6.45) is 0.0802. The molecule has 0 aliphatic heterocycles. The normalized spacial score (nSPS) is 14.0. The van der Waals surface area contributed by atoms with E-state index in [1.807, 2.05) is 19.1 Å². The number of hydrogen-bond donors (Lipinski definition) is 1. The molecular weight excluding hydrogens is 404 g/mol. The van der Waals surface area contributed by atoms with Crippen molar-refractivity contribution in [1.82, 2.24) is 0 Å². The molecule has 2 aromatic rings. The smallest absolute Gasteiger partial charge is 0.297 e. The number of hydrogen-bond acceptors (Lipinski definition) is 5. The van der Waals surface area contributed by atoms with Crippen LogP contribution >= 0.6 is 0 Å². The van der Waals surface area contributed by atoms with E-state index in [9.17, 15) is 13.5 Å². The second-order valence-electron chi connectivity index (χ2n) is 8.92. The molecule has 0 bridgehead atoms. The lowest BCUT2D eigenvalue weighted by Gasteiger charge is -2.39. The van der Waals surface area contributed by atoms with Gasteiger partial charge in [-0.1, -0.05) is 50.6 Å². The van der Waals surface area contributed by atoms with Gasteiger partial charge in [0, 0.05) is 0 Å². The molecule has 0 aliphatic carbocycles. The van der Waals surface area contributed by atoms with Gasteiger partial charge in [-0.15, -0.1) is 0 Å². The van der Waals surface area contributed by atoms with Crippen LogP contribution in [0.4, 0.5) is 0 Å². The molecule has 1 N–H and O–H groups in total. The first kappa shape index (κ1) is 23.6. The van der Waals surface area contributed by atoms with Gasteiger partial charge in [0.2, 0.25) is 0 Å². The highest BCUT2D eigenvalue weighted by atomic mass is 32.2. The zero-order valence-corrected chi connectivity index (χ0v) is 19.9. The van der Waals surface area contributed by atoms with Gasteiger partial charge in [-0.3, -0.25) is 4.18 Å². The molecule has 160 valence electrons. The molecule has 2 rings (SSSR count). The number of rotatable bonds is 8. The Balaban J connectivity index is 2.19. The van der Waals surface area contributed by atoms with E-state index in [4.69, 9.17) is 8.61 Å². The summed E-state index contributed by atoms with van der Waals surface area (Å²) in [6, 6.07) is 13.4. The molecule has 2 aromatic carbocycles. The molecule has 7 heteroatoms. The van der Waals surface area contributed by atoms with Gasteiger partial charge >= 0.3 is 0 Å².